The maximum Gasteiger partial charge on any atom is -0.0195 e. The van der Waals surface area contributed by atoms with Crippen LogP contribution in [-0.4, -0.2) is 0 Å². The molecule has 0 heterocycles. The molecular weight excluding hydrogens is 348 g/mol. The second kappa shape index (κ2) is 12.7. The number of rotatable bonds is 8. The van der Waals surface area contributed by atoms with Crippen LogP contribution in [0.3, 0.4) is 0 Å². The van der Waals surface area contributed by atoms with Gasteiger partial charge in [-0.25, -0.2) is 0 Å². The first kappa shape index (κ1) is 25.2. The van der Waals surface area contributed by atoms with Crippen LogP contribution >= 0.6 is 0 Å². The van der Waals surface area contributed by atoms with E-state index in [0.717, 1.165) is 6.42 Å². The number of hydrogen-bond acceptors (Lipinski definition) is 0. The van der Waals surface area contributed by atoms with Crippen LogP contribution < -0.4 is 0 Å². The van der Waals surface area contributed by atoms with Crippen molar-refractivity contribution in [1.82, 2.24) is 0 Å². The van der Waals surface area contributed by atoms with Crippen LogP contribution in [0.15, 0.2) is 61.2 Å². The number of aryl methyl sites for hydroxylation is 1. The van der Waals surface area contributed by atoms with E-state index in [1.54, 1.807) is 5.56 Å². The Hall–Kier alpha value is -1.82. The van der Waals surface area contributed by atoms with Gasteiger partial charge < -0.3 is 0 Å². The molecule has 0 aliphatic heterocycles. The van der Waals surface area contributed by atoms with Crippen LogP contribution in [0.25, 0.3) is 5.57 Å². The largest absolute Gasteiger partial charge is 0.0991 e. The van der Waals surface area contributed by atoms with E-state index in [0.29, 0.717) is 11.3 Å². The van der Waals surface area contributed by atoms with E-state index in [1.165, 1.54) is 60.8 Å². The fourth-order valence-corrected chi connectivity index (χ4v) is 4.55. The first-order valence-corrected chi connectivity index (χ1v) is 11.6. The van der Waals surface area contributed by atoms with Crippen molar-refractivity contribution in [3.63, 3.8) is 0 Å². The molecule has 0 radical (unpaired) electrons. The minimum atomic E-state index is 0.486. The van der Waals surface area contributed by atoms with E-state index in [1.807, 2.05) is 6.08 Å². The van der Waals surface area contributed by atoms with Crippen molar-refractivity contribution in [1.29, 1.82) is 0 Å². The Kier molecular flexibility index (Phi) is 11.0. The summed E-state index contributed by atoms with van der Waals surface area (Å²) in [5.41, 5.74) is 7.63. The summed E-state index contributed by atoms with van der Waals surface area (Å²) < 4.78 is 0. The van der Waals surface area contributed by atoms with Crippen molar-refractivity contribution in [2.45, 2.75) is 86.5 Å². The van der Waals surface area contributed by atoms with Gasteiger partial charge in [-0.1, -0.05) is 103 Å². The minimum absolute atomic E-state index is 0.486. The molecule has 0 heteroatoms. The smallest absolute Gasteiger partial charge is 0.0195 e. The van der Waals surface area contributed by atoms with Crippen LogP contribution in [0, 0.1) is 18.3 Å². The molecule has 2 rings (SSSR count). The fraction of sp³-hybridized carbons (Fsp3) is 0.517. The molecule has 0 nitrogen and oxygen atoms in total. The van der Waals surface area contributed by atoms with Gasteiger partial charge in [-0.3, -0.25) is 0 Å². The van der Waals surface area contributed by atoms with E-state index >= 15 is 0 Å². The van der Waals surface area contributed by atoms with Gasteiger partial charge in [0.15, 0.2) is 0 Å². The first-order chi connectivity index (χ1) is 13.8. The molecule has 0 amide bonds. The Balaban J connectivity index is 0.000000331. The normalized spacial score (nSPS) is 15.8. The Labute approximate surface area is 181 Å². The summed E-state index contributed by atoms with van der Waals surface area (Å²) in [7, 11) is 0. The molecule has 1 aromatic rings. The van der Waals surface area contributed by atoms with Crippen LogP contribution in [-0.2, 0) is 6.42 Å². The molecule has 0 bridgehead atoms. The molecule has 0 unspecified atom stereocenters. The average Bonchev–Trinajstić information content (AvgIpc) is 2.67. The van der Waals surface area contributed by atoms with Crippen LogP contribution in [0.5, 0.6) is 0 Å². The molecule has 0 spiro atoms. The van der Waals surface area contributed by atoms with Crippen LogP contribution in [0.1, 0.15) is 89.8 Å². The molecule has 29 heavy (non-hydrogen) atoms. The van der Waals surface area contributed by atoms with Crippen molar-refractivity contribution in [3.8, 4) is 0 Å². The van der Waals surface area contributed by atoms with Gasteiger partial charge in [-0.15, -0.1) is 0 Å². The topological polar surface area (TPSA) is 0 Å². The summed E-state index contributed by atoms with van der Waals surface area (Å²) in [6.07, 6.45) is 17.1. The van der Waals surface area contributed by atoms with Crippen molar-refractivity contribution in [2.24, 2.45) is 11.3 Å². The molecule has 0 saturated heterocycles. The molecule has 0 saturated carbocycles. The summed E-state index contributed by atoms with van der Waals surface area (Å²) in [5.74, 6) is 0.634. The highest BCUT2D eigenvalue weighted by molar-refractivity contribution is 5.70. The summed E-state index contributed by atoms with van der Waals surface area (Å²) in [6.45, 7) is 21.4. The zero-order chi connectivity index (χ0) is 21.9. The number of allylic oxidation sites excluding steroid dienone is 6. The average molecular weight is 393 g/mol. The van der Waals surface area contributed by atoms with Crippen LogP contribution in [0.2, 0.25) is 0 Å². The number of benzene rings is 1. The molecule has 0 fully saturated rings. The third kappa shape index (κ3) is 7.84. The Morgan fingerprint density at radius 1 is 1.10 bits per heavy atom. The molecule has 0 atom stereocenters. The monoisotopic (exact) mass is 392 g/mol. The van der Waals surface area contributed by atoms with Gasteiger partial charge in [0.05, 0.1) is 0 Å². The molecule has 1 aliphatic rings. The van der Waals surface area contributed by atoms with Crippen molar-refractivity contribution >= 4 is 5.57 Å². The highest BCUT2D eigenvalue weighted by atomic mass is 14.4. The lowest BCUT2D eigenvalue weighted by Gasteiger charge is -2.40. The second-order valence-corrected chi connectivity index (χ2v) is 8.99. The number of fused-ring (bicyclic) bond motifs is 1. The summed E-state index contributed by atoms with van der Waals surface area (Å²) >= 11 is 0. The van der Waals surface area contributed by atoms with Gasteiger partial charge in [0.1, 0.15) is 0 Å². The lowest BCUT2D eigenvalue weighted by atomic mass is 9.65. The van der Waals surface area contributed by atoms with E-state index < -0.39 is 0 Å². The molecule has 0 N–H and O–H groups in total. The van der Waals surface area contributed by atoms with Gasteiger partial charge in [0, 0.05) is 0 Å². The van der Waals surface area contributed by atoms with Gasteiger partial charge in [0.25, 0.3) is 0 Å². The zero-order valence-corrected chi connectivity index (χ0v) is 20.0. The summed E-state index contributed by atoms with van der Waals surface area (Å²) in [5, 5.41) is 0. The fourth-order valence-electron chi connectivity index (χ4n) is 4.55. The Morgan fingerprint density at radius 2 is 1.76 bits per heavy atom. The third-order valence-electron chi connectivity index (χ3n) is 5.93. The predicted molar refractivity (Wildman–Crippen MR) is 133 cm³/mol. The van der Waals surface area contributed by atoms with Crippen molar-refractivity contribution in [3.05, 3.63) is 77.9 Å². The lowest BCUT2D eigenvalue weighted by Crippen LogP contribution is -2.28. The molecular formula is C29H44. The third-order valence-corrected chi connectivity index (χ3v) is 5.93. The predicted octanol–water partition coefficient (Wildman–Crippen LogP) is 9.26. The summed E-state index contributed by atoms with van der Waals surface area (Å²) in [6, 6.07) is 6.68. The second-order valence-electron chi connectivity index (χ2n) is 8.99. The van der Waals surface area contributed by atoms with Gasteiger partial charge in [-0.05, 0) is 78.2 Å². The van der Waals surface area contributed by atoms with Gasteiger partial charge in [-0.2, -0.15) is 0 Å². The summed E-state index contributed by atoms with van der Waals surface area (Å²) in [4.78, 5) is 0. The maximum atomic E-state index is 4.36. The molecule has 160 valence electrons. The van der Waals surface area contributed by atoms with E-state index in [9.17, 15) is 0 Å². The van der Waals surface area contributed by atoms with Crippen LogP contribution in [0.4, 0.5) is 0 Å². The standard InChI is InChI=1S/C18H26.C11H18/c1-5-10-18(11-6-2)12-15(4)16-9-7-8-14(3)17(16)13-18;1-5-7-11(6-2)9-8-10(3)4/h7-9H,4-6,10-13H2,1-3H3;5,7-10H,1,6H2,2-4H3/b;9-8-,11-7-. The SMILES string of the molecule is C=C/C=C(\C=C/C(C)C)CC.C=C1CC(CCC)(CCC)Cc2c(C)cccc21. The Bertz CT molecular complexity index is 706. The number of hydrogen-bond donors (Lipinski definition) is 0. The molecule has 1 aliphatic carbocycles. The van der Waals surface area contributed by atoms with Gasteiger partial charge in [0.2, 0.25) is 0 Å². The first-order valence-electron chi connectivity index (χ1n) is 11.6. The molecule has 0 aromatic heterocycles. The zero-order valence-electron chi connectivity index (χ0n) is 20.0. The van der Waals surface area contributed by atoms with Crippen molar-refractivity contribution < 1.29 is 0 Å². The van der Waals surface area contributed by atoms with E-state index in [4.69, 9.17) is 0 Å². The van der Waals surface area contributed by atoms with Crippen molar-refractivity contribution in [2.75, 3.05) is 0 Å². The van der Waals surface area contributed by atoms with E-state index in [-0.39, 0.29) is 0 Å². The lowest BCUT2D eigenvalue weighted by molar-refractivity contribution is 0.232. The maximum absolute atomic E-state index is 4.36. The minimum Gasteiger partial charge on any atom is -0.0991 e. The quantitative estimate of drug-likeness (QED) is 0.387. The van der Waals surface area contributed by atoms with Gasteiger partial charge >= 0.3 is 0 Å². The van der Waals surface area contributed by atoms with E-state index in [2.05, 4.69) is 91.1 Å². The highest BCUT2D eigenvalue weighted by Gasteiger charge is 2.34. The molecule has 1 aromatic carbocycles. The Morgan fingerprint density at radius 3 is 2.28 bits per heavy atom. The highest BCUT2D eigenvalue weighted by Crippen LogP contribution is 2.47.